The first-order valence-corrected chi connectivity index (χ1v) is 7.78. The molecule has 0 unspecified atom stereocenters. The Kier molecular flexibility index (Phi) is 5.29. The second-order valence-corrected chi connectivity index (χ2v) is 6.20. The summed E-state index contributed by atoms with van der Waals surface area (Å²) >= 11 is 2.58. The molecule has 21 heavy (non-hydrogen) atoms. The molecule has 1 heterocycles. The van der Waals surface area contributed by atoms with E-state index in [2.05, 4.69) is 15.5 Å². The van der Waals surface area contributed by atoms with E-state index in [9.17, 15) is 9.59 Å². The highest BCUT2D eigenvalue weighted by atomic mass is 32.2. The highest BCUT2D eigenvalue weighted by Crippen LogP contribution is 2.31. The zero-order valence-corrected chi connectivity index (χ0v) is 13.1. The number of carbonyl (C=O) groups excluding carboxylic acids is 2. The molecule has 0 fully saturated rings. The molecule has 0 aliphatic carbocycles. The molecular formula is C13H13N3O3S2. The van der Waals surface area contributed by atoms with Crippen LogP contribution in [0.2, 0.25) is 0 Å². The number of anilines is 1. The standard InChI is InChI=1S/C13H13N3O3S2/c1-3-19-12(18)11-15-16-13(21-11)20-10-6-4-9(5-7-10)14-8(2)17/h4-7H,3H2,1-2H3,(H,14,17). The average Bonchev–Trinajstić information content (AvgIpc) is 2.89. The molecule has 0 spiro atoms. The maximum atomic E-state index is 11.5. The molecule has 1 aromatic heterocycles. The van der Waals surface area contributed by atoms with Crippen LogP contribution in [0.5, 0.6) is 0 Å². The van der Waals surface area contributed by atoms with Gasteiger partial charge in [-0.2, -0.15) is 0 Å². The number of ether oxygens (including phenoxy) is 1. The Hall–Kier alpha value is -1.93. The molecule has 0 aliphatic heterocycles. The van der Waals surface area contributed by atoms with Crippen LogP contribution in [0.25, 0.3) is 0 Å². The van der Waals surface area contributed by atoms with Gasteiger partial charge in [-0.05, 0) is 31.2 Å². The normalized spacial score (nSPS) is 10.2. The van der Waals surface area contributed by atoms with Crippen molar-refractivity contribution in [2.45, 2.75) is 23.1 Å². The van der Waals surface area contributed by atoms with Gasteiger partial charge in [-0.25, -0.2) is 4.79 Å². The van der Waals surface area contributed by atoms with Gasteiger partial charge < -0.3 is 10.1 Å². The van der Waals surface area contributed by atoms with Crippen LogP contribution >= 0.6 is 23.1 Å². The monoisotopic (exact) mass is 323 g/mol. The molecule has 1 amide bonds. The number of rotatable bonds is 5. The number of carbonyl (C=O) groups is 2. The molecule has 8 heteroatoms. The number of nitrogens with one attached hydrogen (secondary N) is 1. The van der Waals surface area contributed by atoms with Gasteiger partial charge in [-0.1, -0.05) is 23.1 Å². The second-order valence-electron chi connectivity index (χ2n) is 3.90. The molecule has 110 valence electrons. The fourth-order valence-corrected chi connectivity index (χ4v) is 3.16. The van der Waals surface area contributed by atoms with Crippen molar-refractivity contribution in [2.24, 2.45) is 0 Å². The first kappa shape index (κ1) is 15.5. The molecule has 1 aromatic carbocycles. The third-order valence-corrected chi connectivity index (χ3v) is 4.20. The van der Waals surface area contributed by atoms with Gasteiger partial charge in [-0.15, -0.1) is 10.2 Å². The Morgan fingerprint density at radius 1 is 1.29 bits per heavy atom. The summed E-state index contributed by atoms with van der Waals surface area (Å²) < 4.78 is 5.52. The zero-order chi connectivity index (χ0) is 15.2. The number of hydrogen-bond donors (Lipinski definition) is 1. The Morgan fingerprint density at radius 2 is 2.00 bits per heavy atom. The first-order chi connectivity index (χ1) is 10.1. The third-order valence-electron chi connectivity index (χ3n) is 2.24. The number of hydrogen-bond acceptors (Lipinski definition) is 7. The van der Waals surface area contributed by atoms with Crippen LogP contribution in [0.1, 0.15) is 23.6 Å². The average molecular weight is 323 g/mol. The number of aromatic nitrogens is 2. The Bertz CT molecular complexity index is 640. The van der Waals surface area contributed by atoms with Crippen molar-refractivity contribution in [1.29, 1.82) is 0 Å². The fourth-order valence-electron chi connectivity index (χ4n) is 1.44. The van der Waals surface area contributed by atoms with E-state index in [1.807, 2.05) is 12.1 Å². The van der Waals surface area contributed by atoms with Gasteiger partial charge in [0.05, 0.1) is 6.61 Å². The van der Waals surface area contributed by atoms with Crippen molar-refractivity contribution in [2.75, 3.05) is 11.9 Å². The molecule has 6 nitrogen and oxygen atoms in total. The lowest BCUT2D eigenvalue weighted by molar-refractivity contribution is -0.114. The SMILES string of the molecule is CCOC(=O)c1nnc(Sc2ccc(NC(C)=O)cc2)s1. The molecule has 0 aliphatic rings. The van der Waals surface area contributed by atoms with Gasteiger partial charge in [0.2, 0.25) is 10.9 Å². The summed E-state index contributed by atoms with van der Waals surface area (Å²) in [5, 5.41) is 10.7. The lowest BCUT2D eigenvalue weighted by Crippen LogP contribution is -2.05. The van der Waals surface area contributed by atoms with E-state index in [4.69, 9.17) is 4.74 Å². The largest absolute Gasteiger partial charge is 0.461 e. The van der Waals surface area contributed by atoms with Gasteiger partial charge in [-0.3, -0.25) is 4.79 Å². The van der Waals surface area contributed by atoms with Crippen molar-refractivity contribution in [1.82, 2.24) is 10.2 Å². The van der Waals surface area contributed by atoms with Crippen molar-refractivity contribution in [3.8, 4) is 0 Å². The maximum absolute atomic E-state index is 11.5. The Morgan fingerprint density at radius 3 is 2.62 bits per heavy atom. The Labute approximate surface area is 129 Å². The van der Waals surface area contributed by atoms with E-state index in [1.54, 1.807) is 19.1 Å². The van der Waals surface area contributed by atoms with Crippen molar-refractivity contribution in [3.05, 3.63) is 29.3 Å². The van der Waals surface area contributed by atoms with E-state index in [1.165, 1.54) is 30.0 Å². The summed E-state index contributed by atoms with van der Waals surface area (Å²) in [7, 11) is 0. The Balaban J connectivity index is 2.01. The number of esters is 1. The van der Waals surface area contributed by atoms with Crippen LogP contribution in [0.4, 0.5) is 5.69 Å². The minimum absolute atomic E-state index is 0.112. The highest BCUT2D eigenvalue weighted by Gasteiger charge is 2.14. The van der Waals surface area contributed by atoms with Crippen LogP contribution < -0.4 is 5.32 Å². The third kappa shape index (κ3) is 4.54. The summed E-state index contributed by atoms with van der Waals surface area (Å²) in [4.78, 5) is 23.4. The molecule has 2 rings (SSSR count). The van der Waals surface area contributed by atoms with E-state index in [0.29, 0.717) is 10.9 Å². The zero-order valence-electron chi connectivity index (χ0n) is 11.5. The fraction of sp³-hybridized carbons (Fsp3) is 0.231. The summed E-state index contributed by atoms with van der Waals surface area (Å²) in [5.41, 5.74) is 0.733. The number of nitrogens with zero attached hydrogens (tertiary/aromatic N) is 2. The lowest BCUT2D eigenvalue weighted by Gasteiger charge is -2.02. The van der Waals surface area contributed by atoms with Gasteiger partial charge in [0.15, 0.2) is 4.34 Å². The van der Waals surface area contributed by atoms with Crippen molar-refractivity contribution >= 4 is 40.7 Å². The molecule has 1 N–H and O–H groups in total. The summed E-state index contributed by atoms with van der Waals surface area (Å²) in [5.74, 6) is -0.568. The molecular weight excluding hydrogens is 310 g/mol. The minimum Gasteiger partial charge on any atom is -0.461 e. The van der Waals surface area contributed by atoms with Crippen LogP contribution in [-0.4, -0.2) is 28.7 Å². The van der Waals surface area contributed by atoms with Gasteiger partial charge in [0, 0.05) is 17.5 Å². The van der Waals surface area contributed by atoms with Crippen molar-refractivity contribution in [3.63, 3.8) is 0 Å². The molecule has 0 bridgehead atoms. The molecule has 2 aromatic rings. The van der Waals surface area contributed by atoms with Gasteiger partial charge >= 0.3 is 5.97 Å². The predicted octanol–water partition coefficient (Wildman–Crippen LogP) is 2.82. The molecule has 0 radical (unpaired) electrons. The van der Waals surface area contributed by atoms with E-state index < -0.39 is 5.97 Å². The molecule has 0 atom stereocenters. The van der Waals surface area contributed by atoms with Gasteiger partial charge in [0.1, 0.15) is 0 Å². The van der Waals surface area contributed by atoms with Crippen LogP contribution in [-0.2, 0) is 9.53 Å². The topological polar surface area (TPSA) is 81.2 Å². The minimum atomic E-state index is -0.456. The van der Waals surface area contributed by atoms with Crippen molar-refractivity contribution < 1.29 is 14.3 Å². The van der Waals surface area contributed by atoms with Crippen LogP contribution in [0.15, 0.2) is 33.5 Å². The molecule has 0 saturated heterocycles. The molecule has 0 saturated carbocycles. The quantitative estimate of drug-likeness (QED) is 0.852. The van der Waals surface area contributed by atoms with Crippen LogP contribution in [0, 0.1) is 0 Å². The second kappa shape index (κ2) is 7.19. The predicted molar refractivity (Wildman–Crippen MR) is 80.7 cm³/mol. The number of benzene rings is 1. The van der Waals surface area contributed by atoms with E-state index in [-0.39, 0.29) is 10.9 Å². The van der Waals surface area contributed by atoms with Crippen LogP contribution in [0.3, 0.4) is 0 Å². The summed E-state index contributed by atoms with van der Waals surface area (Å²) in [6, 6.07) is 7.33. The van der Waals surface area contributed by atoms with E-state index in [0.717, 1.165) is 10.6 Å². The maximum Gasteiger partial charge on any atom is 0.369 e. The lowest BCUT2D eigenvalue weighted by atomic mass is 10.3. The summed E-state index contributed by atoms with van der Waals surface area (Å²) in [6.07, 6.45) is 0. The van der Waals surface area contributed by atoms with E-state index >= 15 is 0 Å². The smallest absolute Gasteiger partial charge is 0.369 e. The first-order valence-electron chi connectivity index (χ1n) is 6.14. The van der Waals surface area contributed by atoms with Gasteiger partial charge in [0.25, 0.3) is 0 Å². The summed E-state index contributed by atoms with van der Waals surface area (Å²) in [6.45, 7) is 3.51. The number of amides is 1. The highest BCUT2D eigenvalue weighted by molar-refractivity contribution is 8.01.